The Hall–Kier alpha value is -1.88. The second-order valence-electron chi connectivity index (χ2n) is 4.28. The van der Waals surface area contributed by atoms with Crippen molar-refractivity contribution in [1.29, 1.82) is 0 Å². The van der Waals surface area contributed by atoms with E-state index >= 15 is 0 Å². The Balaban J connectivity index is 2.08. The monoisotopic (exact) mass is 264 g/mol. The van der Waals surface area contributed by atoms with Crippen LogP contribution in [0.2, 0.25) is 0 Å². The van der Waals surface area contributed by atoms with Gasteiger partial charge in [-0.25, -0.2) is 9.37 Å². The number of imidazole rings is 1. The molecule has 2 aromatic rings. The average molecular weight is 264 g/mol. The number of nitrogens with zero attached hydrogens (tertiary/aromatic N) is 2. The molecule has 0 saturated heterocycles. The highest BCUT2D eigenvalue weighted by Gasteiger charge is 2.09. The number of hydrogen-bond donors (Lipinski definition) is 1. The minimum Gasteiger partial charge on any atom is -0.483 e. The van der Waals surface area contributed by atoms with E-state index < -0.39 is 11.9 Å². The third-order valence-corrected chi connectivity index (χ3v) is 2.94. The molecule has 1 aromatic heterocycles. The van der Waals surface area contributed by atoms with Crippen molar-refractivity contribution in [2.24, 2.45) is 0 Å². The summed E-state index contributed by atoms with van der Waals surface area (Å²) in [5.74, 6) is 0.435. The van der Waals surface area contributed by atoms with E-state index in [2.05, 4.69) is 4.98 Å². The van der Waals surface area contributed by atoms with Crippen molar-refractivity contribution in [3.8, 4) is 5.75 Å². The van der Waals surface area contributed by atoms with E-state index in [0.717, 1.165) is 12.4 Å². The molecule has 0 fully saturated rings. The number of benzene rings is 1. The Bertz CT molecular complexity index is 552. The number of halogens is 1. The Morgan fingerprint density at radius 1 is 1.47 bits per heavy atom. The molecule has 2 rings (SSSR count). The molecular weight excluding hydrogens is 247 g/mol. The quantitative estimate of drug-likeness (QED) is 0.903. The first-order valence-corrected chi connectivity index (χ1v) is 6.22. The highest BCUT2D eigenvalue weighted by Crippen LogP contribution is 2.22. The van der Waals surface area contributed by atoms with Crippen LogP contribution in [-0.2, 0) is 13.2 Å². The predicted molar refractivity (Wildman–Crippen MR) is 69.3 cm³/mol. The average Bonchev–Trinajstić information content (AvgIpc) is 2.84. The van der Waals surface area contributed by atoms with Gasteiger partial charge in [-0.1, -0.05) is 6.07 Å². The van der Waals surface area contributed by atoms with Crippen LogP contribution in [-0.4, -0.2) is 14.7 Å². The number of aliphatic hydroxyl groups excluding tert-OH is 1. The fraction of sp³-hybridized carbons (Fsp3) is 0.357. The zero-order valence-electron chi connectivity index (χ0n) is 11.0. The van der Waals surface area contributed by atoms with Crippen molar-refractivity contribution in [2.45, 2.75) is 33.1 Å². The topological polar surface area (TPSA) is 47.3 Å². The number of ether oxygens (including phenoxy) is 1. The maximum atomic E-state index is 13.8. The predicted octanol–water partition coefficient (Wildman–Crippen LogP) is 2.67. The SMILES string of the molecule is CCn1ccnc1COc1ccc([C@@H](C)O)cc1F. The van der Waals surface area contributed by atoms with Gasteiger partial charge in [0, 0.05) is 18.9 Å². The molecule has 0 aliphatic rings. The number of aliphatic hydroxyl groups is 1. The van der Waals surface area contributed by atoms with Gasteiger partial charge >= 0.3 is 0 Å². The van der Waals surface area contributed by atoms with Crippen LogP contribution in [0.15, 0.2) is 30.6 Å². The van der Waals surface area contributed by atoms with E-state index in [1.165, 1.54) is 12.1 Å². The number of aryl methyl sites for hydroxylation is 1. The molecule has 0 aliphatic heterocycles. The summed E-state index contributed by atoms with van der Waals surface area (Å²) in [5, 5.41) is 9.37. The largest absolute Gasteiger partial charge is 0.483 e. The third kappa shape index (κ3) is 3.12. The van der Waals surface area contributed by atoms with Gasteiger partial charge < -0.3 is 14.4 Å². The second kappa shape index (κ2) is 5.84. The van der Waals surface area contributed by atoms with Crippen LogP contribution in [0, 0.1) is 5.82 Å². The van der Waals surface area contributed by atoms with Gasteiger partial charge in [0.1, 0.15) is 12.4 Å². The number of rotatable bonds is 5. The molecule has 0 amide bonds. The van der Waals surface area contributed by atoms with Gasteiger partial charge in [0.2, 0.25) is 0 Å². The summed E-state index contributed by atoms with van der Waals surface area (Å²) in [6.07, 6.45) is 2.85. The molecule has 0 aliphatic carbocycles. The number of hydrogen-bond acceptors (Lipinski definition) is 3. The lowest BCUT2D eigenvalue weighted by atomic mass is 10.1. The summed E-state index contributed by atoms with van der Waals surface area (Å²) < 4.78 is 21.1. The first kappa shape index (κ1) is 13.5. The zero-order valence-corrected chi connectivity index (χ0v) is 11.0. The lowest BCUT2D eigenvalue weighted by molar-refractivity contribution is 0.198. The highest BCUT2D eigenvalue weighted by atomic mass is 19.1. The molecule has 0 spiro atoms. The minimum absolute atomic E-state index is 0.162. The van der Waals surface area contributed by atoms with Crippen molar-refractivity contribution in [3.05, 3.63) is 47.8 Å². The smallest absolute Gasteiger partial charge is 0.165 e. The molecule has 1 N–H and O–H groups in total. The van der Waals surface area contributed by atoms with E-state index in [1.807, 2.05) is 17.7 Å². The van der Waals surface area contributed by atoms with Crippen molar-refractivity contribution in [1.82, 2.24) is 9.55 Å². The Morgan fingerprint density at radius 3 is 2.89 bits per heavy atom. The first-order chi connectivity index (χ1) is 9.11. The maximum Gasteiger partial charge on any atom is 0.165 e. The van der Waals surface area contributed by atoms with Gasteiger partial charge in [0.05, 0.1) is 6.10 Å². The van der Waals surface area contributed by atoms with Crippen molar-refractivity contribution in [2.75, 3.05) is 0 Å². The molecule has 0 saturated carbocycles. The fourth-order valence-electron chi connectivity index (χ4n) is 1.80. The summed E-state index contributed by atoms with van der Waals surface area (Å²) in [4.78, 5) is 4.15. The van der Waals surface area contributed by atoms with Crippen LogP contribution in [0.25, 0.3) is 0 Å². The molecule has 0 radical (unpaired) electrons. The van der Waals surface area contributed by atoms with Gasteiger partial charge in [0.15, 0.2) is 11.6 Å². The molecule has 4 nitrogen and oxygen atoms in total. The molecule has 102 valence electrons. The normalized spacial score (nSPS) is 12.4. The maximum absolute atomic E-state index is 13.8. The van der Waals surface area contributed by atoms with Gasteiger partial charge in [0.25, 0.3) is 0 Å². The summed E-state index contributed by atoms with van der Waals surface area (Å²) in [5.41, 5.74) is 0.528. The molecular formula is C14H17FN2O2. The van der Waals surface area contributed by atoms with Crippen molar-refractivity contribution in [3.63, 3.8) is 0 Å². The van der Waals surface area contributed by atoms with Crippen LogP contribution in [0.1, 0.15) is 31.3 Å². The lowest BCUT2D eigenvalue weighted by Gasteiger charge is -2.10. The van der Waals surface area contributed by atoms with Gasteiger partial charge in [-0.05, 0) is 31.5 Å². The molecule has 1 atom stereocenters. The van der Waals surface area contributed by atoms with Crippen LogP contribution in [0.3, 0.4) is 0 Å². The summed E-state index contributed by atoms with van der Waals surface area (Å²) in [7, 11) is 0. The van der Waals surface area contributed by atoms with Crippen molar-refractivity contribution >= 4 is 0 Å². The second-order valence-corrected chi connectivity index (χ2v) is 4.28. The fourth-order valence-corrected chi connectivity index (χ4v) is 1.80. The summed E-state index contributed by atoms with van der Waals surface area (Å²) >= 11 is 0. The molecule has 19 heavy (non-hydrogen) atoms. The van der Waals surface area contributed by atoms with Crippen LogP contribution in [0.5, 0.6) is 5.75 Å². The molecule has 0 unspecified atom stereocenters. The summed E-state index contributed by atoms with van der Waals surface area (Å²) in [6, 6.07) is 4.46. The summed E-state index contributed by atoms with van der Waals surface area (Å²) in [6.45, 7) is 4.60. The lowest BCUT2D eigenvalue weighted by Crippen LogP contribution is -2.06. The number of aromatic nitrogens is 2. The van der Waals surface area contributed by atoms with E-state index in [1.54, 1.807) is 19.2 Å². The zero-order chi connectivity index (χ0) is 13.8. The Labute approximate surface area is 111 Å². The Kier molecular flexibility index (Phi) is 4.16. The molecule has 1 aromatic carbocycles. The first-order valence-electron chi connectivity index (χ1n) is 6.22. The van der Waals surface area contributed by atoms with Crippen molar-refractivity contribution < 1.29 is 14.2 Å². The van der Waals surface area contributed by atoms with Crippen LogP contribution in [0.4, 0.5) is 4.39 Å². The molecule has 0 bridgehead atoms. The standard InChI is InChI=1S/C14H17FN2O2/c1-3-17-7-6-16-14(17)9-19-13-5-4-11(10(2)18)8-12(13)15/h4-8,10,18H,3,9H2,1-2H3/t10-/m1/s1. The van der Waals surface area contributed by atoms with Gasteiger partial charge in [-0.3, -0.25) is 0 Å². The van der Waals surface area contributed by atoms with E-state index in [-0.39, 0.29) is 12.4 Å². The van der Waals surface area contributed by atoms with E-state index in [9.17, 15) is 9.50 Å². The van der Waals surface area contributed by atoms with Gasteiger partial charge in [-0.15, -0.1) is 0 Å². The van der Waals surface area contributed by atoms with Gasteiger partial charge in [-0.2, -0.15) is 0 Å². The van der Waals surface area contributed by atoms with Crippen LogP contribution < -0.4 is 4.74 Å². The third-order valence-electron chi connectivity index (χ3n) is 2.94. The minimum atomic E-state index is -0.692. The van der Waals surface area contributed by atoms with E-state index in [0.29, 0.717) is 5.56 Å². The highest BCUT2D eigenvalue weighted by molar-refractivity contribution is 5.30. The molecule has 1 heterocycles. The van der Waals surface area contributed by atoms with E-state index in [4.69, 9.17) is 4.74 Å². The molecule has 5 heteroatoms. The Morgan fingerprint density at radius 2 is 2.26 bits per heavy atom. The van der Waals surface area contributed by atoms with Crippen LogP contribution >= 0.6 is 0 Å².